The number of ether oxygens (including phenoxy) is 2. The van der Waals surface area contributed by atoms with Gasteiger partial charge in [0.05, 0.1) is 20.8 Å². The van der Waals surface area contributed by atoms with Gasteiger partial charge in [-0.15, -0.1) is 13.2 Å². The summed E-state index contributed by atoms with van der Waals surface area (Å²) in [5.74, 6) is 1.40. The topological polar surface area (TPSA) is 51.1 Å². The summed E-state index contributed by atoms with van der Waals surface area (Å²) in [6, 6.07) is 5.55. The first-order valence-corrected chi connectivity index (χ1v) is 8.72. The van der Waals surface area contributed by atoms with Gasteiger partial charge in [-0.3, -0.25) is 0 Å². The van der Waals surface area contributed by atoms with Gasteiger partial charge in [-0.2, -0.15) is 0 Å². The molecule has 0 radical (unpaired) electrons. The minimum absolute atomic E-state index is 0.350. The Bertz CT molecular complexity index is 634. The van der Waals surface area contributed by atoms with E-state index in [1.54, 1.807) is 43.0 Å². The molecule has 22 heavy (non-hydrogen) atoms. The van der Waals surface area contributed by atoms with Crippen molar-refractivity contribution < 1.29 is 13.7 Å². The van der Waals surface area contributed by atoms with Crippen molar-refractivity contribution in [3.8, 4) is 11.5 Å². The zero-order valence-electron chi connectivity index (χ0n) is 13.4. The quantitative estimate of drug-likeness (QED) is 0.656. The summed E-state index contributed by atoms with van der Waals surface area (Å²) in [6.07, 6.45) is 4.96. The maximum absolute atomic E-state index is 12.8. The predicted octanol–water partition coefficient (Wildman–Crippen LogP) is 2.89. The summed E-state index contributed by atoms with van der Waals surface area (Å²) in [5, 5.41) is 0. The van der Waals surface area contributed by atoms with Crippen LogP contribution < -0.4 is 9.47 Å². The Kier molecular flexibility index (Phi) is 7.14. The molecule has 6 heteroatoms. The molecule has 0 aliphatic rings. The monoisotopic (exact) mass is 324 g/mol. The Hall–Kier alpha value is -1.79. The Labute approximate surface area is 133 Å². The minimum atomic E-state index is -2.51. The zero-order valence-corrected chi connectivity index (χ0v) is 14.3. The van der Waals surface area contributed by atoms with Crippen LogP contribution >= 0.6 is 0 Å². The van der Waals surface area contributed by atoms with Crippen molar-refractivity contribution >= 4 is 9.92 Å². The number of hydrogen-bond donors (Lipinski definition) is 0. The summed E-state index contributed by atoms with van der Waals surface area (Å²) < 4.78 is 29.3. The molecule has 122 valence electrons. The number of rotatable bonds is 9. The van der Waals surface area contributed by atoms with Crippen LogP contribution in [0.15, 0.2) is 47.9 Å². The van der Waals surface area contributed by atoms with Crippen LogP contribution in [0.4, 0.5) is 0 Å². The molecule has 0 fully saturated rings. The largest absolute Gasteiger partial charge is 0.497 e. The maximum Gasteiger partial charge on any atom is 0.127 e. The van der Waals surface area contributed by atoms with E-state index in [0.29, 0.717) is 31.1 Å². The maximum atomic E-state index is 12.8. The second-order valence-corrected chi connectivity index (χ2v) is 6.95. The fourth-order valence-electron chi connectivity index (χ4n) is 1.91. The van der Waals surface area contributed by atoms with Crippen LogP contribution in [-0.4, -0.2) is 42.1 Å². The molecule has 0 aliphatic heterocycles. The SMILES string of the molecule is C=CCN=S(C)(=O)N(CC=C)Cc1ccc(OC)cc1OC. The van der Waals surface area contributed by atoms with Gasteiger partial charge in [0, 0.05) is 31.0 Å². The highest BCUT2D eigenvalue weighted by Crippen LogP contribution is 2.26. The van der Waals surface area contributed by atoms with Crippen LogP contribution in [0, 0.1) is 0 Å². The standard InChI is InChI=1S/C16H24N2O3S/c1-6-10-17-22(5,19)18(11-7-2)13-14-8-9-15(20-3)12-16(14)21-4/h6-9,12H,1-2,10-11,13H2,3-5H3. The Morgan fingerprint density at radius 2 is 2.00 bits per heavy atom. The van der Waals surface area contributed by atoms with Crippen LogP contribution in [0.3, 0.4) is 0 Å². The molecule has 1 atom stereocenters. The summed E-state index contributed by atoms with van der Waals surface area (Å²) in [6.45, 7) is 8.59. The van der Waals surface area contributed by atoms with Gasteiger partial charge in [0.25, 0.3) is 0 Å². The van der Waals surface area contributed by atoms with Gasteiger partial charge < -0.3 is 9.47 Å². The molecule has 0 aliphatic carbocycles. The molecule has 0 bridgehead atoms. The van der Waals surface area contributed by atoms with Gasteiger partial charge in [0.1, 0.15) is 21.4 Å². The lowest BCUT2D eigenvalue weighted by Gasteiger charge is -2.23. The minimum Gasteiger partial charge on any atom is -0.497 e. The molecule has 0 N–H and O–H groups in total. The van der Waals surface area contributed by atoms with Gasteiger partial charge in [-0.1, -0.05) is 18.2 Å². The summed E-state index contributed by atoms with van der Waals surface area (Å²) >= 11 is 0. The Morgan fingerprint density at radius 3 is 2.55 bits per heavy atom. The lowest BCUT2D eigenvalue weighted by Crippen LogP contribution is -2.30. The van der Waals surface area contributed by atoms with Crippen LogP contribution in [0.25, 0.3) is 0 Å². The van der Waals surface area contributed by atoms with E-state index in [1.807, 2.05) is 12.1 Å². The molecule has 1 aromatic carbocycles. The normalized spacial score (nSPS) is 13.3. The number of nitrogens with zero attached hydrogens (tertiary/aromatic N) is 2. The average molecular weight is 324 g/mol. The summed E-state index contributed by atoms with van der Waals surface area (Å²) in [4.78, 5) is 0. The lowest BCUT2D eigenvalue weighted by atomic mass is 10.2. The molecule has 0 spiro atoms. The second kappa shape index (κ2) is 8.60. The fraction of sp³-hybridized carbons (Fsp3) is 0.375. The van der Waals surface area contributed by atoms with E-state index < -0.39 is 9.92 Å². The van der Waals surface area contributed by atoms with Crippen molar-refractivity contribution in [1.29, 1.82) is 0 Å². The molecule has 0 saturated carbocycles. The third kappa shape index (κ3) is 4.89. The second-order valence-electron chi connectivity index (χ2n) is 4.65. The third-order valence-electron chi connectivity index (χ3n) is 3.10. The Balaban J connectivity index is 3.13. The van der Waals surface area contributed by atoms with E-state index in [0.717, 1.165) is 5.56 Å². The molecular weight excluding hydrogens is 300 g/mol. The van der Waals surface area contributed by atoms with Crippen molar-refractivity contribution in [3.05, 3.63) is 49.1 Å². The molecule has 0 aromatic heterocycles. The first-order chi connectivity index (χ1) is 10.5. The highest BCUT2D eigenvalue weighted by atomic mass is 32.2. The fourth-order valence-corrected chi connectivity index (χ4v) is 3.22. The van der Waals surface area contributed by atoms with Crippen molar-refractivity contribution in [2.45, 2.75) is 6.54 Å². The van der Waals surface area contributed by atoms with E-state index in [2.05, 4.69) is 17.5 Å². The molecule has 5 nitrogen and oxygen atoms in total. The van der Waals surface area contributed by atoms with Crippen LogP contribution in [0.2, 0.25) is 0 Å². The molecule has 1 unspecified atom stereocenters. The molecular formula is C16H24N2O3S. The van der Waals surface area contributed by atoms with E-state index in [1.165, 1.54) is 0 Å². The smallest absolute Gasteiger partial charge is 0.127 e. The highest BCUT2D eigenvalue weighted by molar-refractivity contribution is 7.90. The number of methoxy groups -OCH3 is 2. The molecule has 0 heterocycles. The number of benzene rings is 1. The van der Waals surface area contributed by atoms with Gasteiger partial charge in [0.15, 0.2) is 0 Å². The Morgan fingerprint density at radius 1 is 1.27 bits per heavy atom. The van der Waals surface area contributed by atoms with E-state index in [9.17, 15) is 4.21 Å². The molecule has 1 rings (SSSR count). The predicted molar refractivity (Wildman–Crippen MR) is 91.7 cm³/mol. The molecule has 0 amide bonds. The van der Waals surface area contributed by atoms with Gasteiger partial charge in [-0.05, 0) is 6.07 Å². The van der Waals surface area contributed by atoms with Gasteiger partial charge >= 0.3 is 0 Å². The van der Waals surface area contributed by atoms with Crippen molar-refractivity contribution in [2.75, 3.05) is 33.6 Å². The van der Waals surface area contributed by atoms with E-state index in [4.69, 9.17) is 9.47 Å². The van der Waals surface area contributed by atoms with E-state index >= 15 is 0 Å². The summed E-state index contributed by atoms with van der Waals surface area (Å²) in [5.41, 5.74) is 0.911. The third-order valence-corrected chi connectivity index (χ3v) is 4.96. The van der Waals surface area contributed by atoms with Crippen molar-refractivity contribution in [3.63, 3.8) is 0 Å². The van der Waals surface area contributed by atoms with Gasteiger partial charge in [0.2, 0.25) is 0 Å². The average Bonchev–Trinajstić information content (AvgIpc) is 2.52. The first kappa shape index (κ1) is 18.3. The molecule has 0 saturated heterocycles. The van der Waals surface area contributed by atoms with Crippen LogP contribution in [0.1, 0.15) is 5.56 Å². The summed E-state index contributed by atoms with van der Waals surface area (Å²) in [7, 11) is 0.695. The van der Waals surface area contributed by atoms with Crippen molar-refractivity contribution in [2.24, 2.45) is 4.36 Å². The van der Waals surface area contributed by atoms with E-state index in [-0.39, 0.29) is 0 Å². The van der Waals surface area contributed by atoms with Crippen LogP contribution in [0.5, 0.6) is 11.5 Å². The van der Waals surface area contributed by atoms with Crippen molar-refractivity contribution in [1.82, 2.24) is 4.31 Å². The number of hydrogen-bond acceptors (Lipinski definition) is 4. The first-order valence-electron chi connectivity index (χ1n) is 6.84. The highest BCUT2D eigenvalue weighted by Gasteiger charge is 2.16. The molecule has 1 aromatic rings. The lowest BCUT2D eigenvalue weighted by molar-refractivity contribution is 0.383. The van der Waals surface area contributed by atoms with Gasteiger partial charge in [-0.25, -0.2) is 12.9 Å². The zero-order chi connectivity index (χ0) is 16.6. The van der Waals surface area contributed by atoms with Crippen LogP contribution in [-0.2, 0) is 16.5 Å².